The van der Waals surface area contributed by atoms with Crippen molar-refractivity contribution in [1.82, 2.24) is 9.55 Å². The molecule has 2 heterocycles. The van der Waals surface area contributed by atoms with E-state index >= 15 is 0 Å². The van der Waals surface area contributed by atoms with Crippen molar-refractivity contribution in [2.45, 2.75) is 44.8 Å². The van der Waals surface area contributed by atoms with Crippen LogP contribution in [-0.2, 0) is 18.4 Å². The van der Waals surface area contributed by atoms with E-state index in [0.29, 0.717) is 17.1 Å². The SMILES string of the molecule is Cc1cc(-c2cc(N[S+]([O-])C(C)C)cc3nc(C4CC4)oc23)cn(C)c1=O. The molecule has 1 saturated carbocycles. The molecule has 1 fully saturated rings. The Labute approximate surface area is 160 Å². The fourth-order valence-corrected chi connectivity index (χ4v) is 3.67. The molecule has 7 heteroatoms. The molecule has 0 bridgehead atoms. The fourth-order valence-electron chi connectivity index (χ4n) is 3.09. The highest BCUT2D eigenvalue weighted by Gasteiger charge is 2.30. The highest BCUT2D eigenvalue weighted by Crippen LogP contribution is 2.42. The lowest BCUT2D eigenvalue weighted by Crippen LogP contribution is -2.22. The lowest BCUT2D eigenvalue weighted by Gasteiger charge is -2.16. The van der Waals surface area contributed by atoms with Gasteiger partial charge in [0.15, 0.2) is 11.5 Å². The van der Waals surface area contributed by atoms with Gasteiger partial charge in [0, 0.05) is 35.9 Å². The number of hydrogen-bond acceptors (Lipinski definition) is 5. The highest BCUT2D eigenvalue weighted by molar-refractivity contribution is 7.93. The third kappa shape index (κ3) is 3.49. The second-order valence-electron chi connectivity index (χ2n) is 7.47. The summed E-state index contributed by atoms with van der Waals surface area (Å²) in [6.07, 6.45) is 4.00. The summed E-state index contributed by atoms with van der Waals surface area (Å²) in [6.45, 7) is 5.61. The molecular formula is C20H23N3O3S. The molecule has 0 radical (unpaired) electrons. The number of rotatable bonds is 5. The Morgan fingerprint density at radius 3 is 2.70 bits per heavy atom. The molecule has 0 saturated heterocycles. The van der Waals surface area contributed by atoms with Gasteiger partial charge in [-0.05, 0) is 51.8 Å². The molecule has 1 N–H and O–H groups in total. The third-order valence-corrected chi connectivity index (χ3v) is 6.05. The molecule has 2 aromatic heterocycles. The van der Waals surface area contributed by atoms with Crippen molar-refractivity contribution in [3.05, 3.63) is 46.2 Å². The number of nitrogens with zero attached hydrogens (tertiary/aromatic N) is 2. The van der Waals surface area contributed by atoms with Crippen LogP contribution in [0.1, 0.15) is 44.1 Å². The number of benzene rings is 1. The van der Waals surface area contributed by atoms with Crippen LogP contribution in [0.25, 0.3) is 22.2 Å². The van der Waals surface area contributed by atoms with Gasteiger partial charge >= 0.3 is 0 Å². The Bertz CT molecular complexity index is 1040. The second-order valence-corrected chi connectivity index (χ2v) is 9.22. The molecular weight excluding hydrogens is 362 g/mol. The smallest absolute Gasteiger partial charge is 0.253 e. The van der Waals surface area contributed by atoms with Gasteiger partial charge in [-0.15, -0.1) is 0 Å². The summed E-state index contributed by atoms with van der Waals surface area (Å²) in [4.78, 5) is 16.7. The van der Waals surface area contributed by atoms with Gasteiger partial charge in [0.2, 0.25) is 0 Å². The molecule has 0 amide bonds. The average molecular weight is 385 g/mol. The van der Waals surface area contributed by atoms with Crippen molar-refractivity contribution in [2.24, 2.45) is 7.05 Å². The van der Waals surface area contributed by atoms with Crippen molar-refractivity contribution < 1.29 is 8.97 Å². The van der Waals surface area contributed by atoms with Crippen molar-refractivity contribution in [1.29, 1.82) is 0 Å². The Kier molecular flexibility index (Phi) is 4.52. The van der Waals surface area contributed by atoms with E-state index in [2.05, 4.69) is 9.71 Å². The lowest BCUT2D eigenvalue weighted by atomic mass is 10.0. The predicted molar refractivity (Wildman–Crippen MR) is 108 cm³/mol. The van der Waals surface area contributed by atoms with Crippen LogP contribution in [0.4, 0.5) is 5.69 Å². The summed E-state index contributed by atoms with van der Waals surface area (Å²) in [5.41, 5.74) is 4.52. The molecule has 0 aliphatic heterocycles. The minimum absolute atomic E-state index is 0.0109. The number of anilines is 1. The molecule has 142 valence electrons. The van der Waals surface area contributed by atoms with Crippen molar-refractivity contribution >= 4 is 28.1 Å². The molecule has 0 spiro atoms. The van der Waals surface area contributed by atoms with Gasteiger partial charge in [-0.3, -0.25) is 4.79 Å². The third-order valence-electron chi connectivity index (χ3n) is 4.75. The van der Waals surface area contributed by atoms with Crippen LogP contribution >= 0.6 is 0 Å². The number of hydrogen-bond donors (Lipinski definition) is 1. The zero-order chi connectivity index (χ0) is 19.3. The lowest BCUT2D eigenvalue weighted by molar-refractivity contribution is 0.534. The molecule has 1 unspecified atom stereocenters. The molecule has 3 aromatic rings. The maximum absolute atomic E-state index is 12.3. The standard InChI is InChI=1S/C20H23N3O3S/c1-11(2)27(25)22-15-8-16(14-7-12(3)20(24)23(4)10-14)18-17(9-15)21-19(26-18)13-5-6-13/h7-11,13,22H,5-6H2,1-4H3. The topological polar surface area (TPSA) is 83.1 Å². The number of aromatic nitrogens is 2. The van der Waals surface area contributed by atoms with E-state index in [1.165, 1.54) is 0 Å². The number of aryl methyl sites for hydroxylation is 2. The zero-order valence-electron chi connectivity index (χ0n) is 15.9. The first kappa shape index (κ1) is 18.1. The average Bonchev–Trinajstić information content (AvgIpc) is 3.38. The molecule has 6 nitrogen and oxygen atoms in total. The number of oxazole rings is 1. The summed E-state index contributed by atoms with van der Waals surface area (Å²) < 4.78 is 23.0. The monoisotopic (exact) mass is 385 g/mol. The maximum Gasteiger partial charge on any atom is 0.253 e. The van der Waals surface area contributed by atoms with Gasteiger partial charge in [0.25, 0.3) is 5.56 Å². The van der Waals surface area contributed by atoms with E-state index in [-0.39, 0.29) is 10.8 Å². The van der Waals surface area contributed by atoms with Gasteiger partial charge in [0.1, 0.15) is 10.8 Å². The van der Waals surface area contributed by atoms with E-state index in [9.17, 15) is 9.35 Å². The highest BCUT2D eigenvalue weighted by atomic mass is 32.2. The quantitative estimate of drug-likeness (QED) is 0.674. The maximum atomic E-state index is 12.3. The van der Waals surface area contributed by atoms with Gasteiger partial charge in [-0.25, -0.2) is 9.71 Å². The van der Waals surface area contributed by atoms with E-state index in [0.717, 1.165) is 41.1 Å². The van der Waals surface area contributed by atoms with Crippen LogP contribution in [0.3, 0.4) is 0 Å². The molecule has 27 heavy (non-hydrogen) atoms. The minimum Gasteiger partial charge on any atom is -0.593 e. The first-order valence-corrected chi connectivity index (χ1v) is 10.3. The van der Waals surface area contributed by atoms with Crippen LogP contribution in [0.5, 0.6) is 0 Å². The Morgan fingerprint density at radius 1 is 1.33 bits per heavy atom. The number of fused-ring (bicyclic) bond motifs is 1. The molecule has 1 atom stereocenters. The van der Waals surface area contributed by atoms with Crippen molar-refractivity contribution in [3.63, 3.8) is 0 Å². The van der Waals surface area contributed by atoms with Crippen molar-refractivity contribution in [3.8, 4) is 11.1 Å². The summed E-state index contributed by atoms with van der Waals surface area (Å²) in [7, 11) is 1.74. The summed E-state index contributed by atoms with van der Waals surface area (Å²) in [5.74, 6) is 1.16. The summed E-state index contributed by atoms with van der Waals surface area (Å²) >= 11 is -1.20. The Hall–Kier alpha value is -2.25. The summed E-state index contributed by atoms with van der Waals surface area (Å²) in [6, 6.07) is 5.66. The Balaban J connectivity index is 1.89. The molecule has 4 rings (SSSR count). The van der Waals surface area contributed by atoms with Gasteiger partial charge in [-0.1, -0.05) is 0 Å². The predicted octanol–water partition coefficient (Wildman–Crippen LogP) is 3.86. The van der Waals surface area contributed by atoms with Crippen LogP contribution in [0.15, 0.2) is 33.6 Å². The minimum atomic E-state index is -1.20. The normalized spacial score (nSPS) is 15.5. The van der Waals surface area contributed by atoms with E-state index < -0.39 is 11.4 Å². The van der Waals surface area contributed by atoms with Gasteiger partial charge in [0.05, 0.1) is 17.0 Å². The number of pyridine rings is 1. The Morgan fingerprint density at radius 2 is 2.07 bits per heavy atom. The second kappa shape index (κ2) is 6.73. The van der Waals surface area contributed by atoms with Gasteiger partial charge < -0.3 is 13.5 Å². The molecule has 1 aromatic carbocycles. The van der Waals surface area contributed by atoms with Crippen LogP contribution in [0.2, 0.25) is 0 Å². The van der Waals surface area contributed by atoms with Crippen molar-refractivity contribution in [2.75, 3.05) is 4.72 Å². The fraction of sp³-hybridized carbons (Fsp3) is 0.400. The molecule has 1 aliphatic rings. The van der Waals surface area contributed by atoms with E-state index in [1.54, 1.807) is 24.7 Å². The van der Waals surface area contributed by atoms with E-state index in [4.69, 9.17) is 4.42 Å². The molecule has 1 aliphatic carbocycles. The first-order valence-electron chi connectivity index (χ1n) is 9.13. The van der Waals surface area contributed by atoms with Crippen LogP contribution in [0, 0.1) is 6.92 Å². The van der Waals surface area contributed by atoms with Gasteiger partial charge in [-0.2, -0.15) is 0 Å². The zero-order valence-corrected chi connectivity index (χ0v) is 16.7. The largest absolute Gasteiger partial charge is 0.593 e. The number of nitrogens with one attached hydrogen (secondary N) is 1. The van der Waals surface area contributed by atoms with Crippen LogP contribution in [-0.4, -0.2) is 19.4 Å². The van der Waals surface area contributed by atoms with E-state index in [1.807, 2.05) is 32.0 Å². The summed E-state index contributed by atoms with van der Waals surface area (Å²) in [5, 5.41) is -0.0109. The van der Waals surface area contributed by atoms with Crippen LogP contribution < -0.4 is 10.3 Å². The first-order chi connectivity index (χ1) is 12.8.